The second-order valence-corrected chi connectivity index (χ2v) is 7.52. The summed E-state index contributed by atoms with van der Waals surface area (Å²) in [6, 6.07) is 4.81. The summed E-state index contributed by atoms with van der Waals surface area (Å²) >= 11 is 0. The molecule has 132 valence electrons. The molecule has 1 aliphatic heterocycles. The number of imidazole rings is 1. The summed E-state index contributed by atoms with van der Waals surface area (Å²) in [5.74, 6) is 1.39. The Bertz CT molecular complexity index is 694. The van der Waals surface area contributed by atoms with Crippen molar-refractivity contribution in [1.29, 1.82) is 0 Å². The molecule has 5 nitrogen and oxygen atoms in total. The van der Waals surface area contributed by atoms with Crippen molar-refractivity contribution < 1.29 is 5.11 Å². The van der Waals surface area contributed by atoms with E-state index in [9.17, 15) is 5.11 Å². The van der Waals surface area contributed by atoms with Crippen LogP contribution in [0.2, 0.25) is 0 Å². The van der Waals surface area contributed by atoms with Crippen LogP contribution in [0.4, 0.5) is 0 Å². The normalized spacial score (nSPS) is 23.1. The molecule has 24 heavy (non-hydrogen) atoms. The molecule has 1 fully saturated rings. The van der Waals surface area contributed by atoms with E-state index in [1.165, 1.54) is 11.1 Å². The number of rotatable bonds is 4. The van der Waals surface area contributed by atoms with Crippen molar-refractivity contribution in [2.45, 2.75) is 39.3 Å². The molecule has 1 aromatic carbocycles. The highest BCUT2D eigenvalue weighted by Gasteiger charge is 2.25. The molecule has 3 rings (SSSR count). The summed E-state index contributed by atoms with van der Waals surface area (Å²) in [6.45, 7) is 7.32. The summed E-state index contributed by atoms with van der Waals surface area (Å²) in [5, 5.41) is 9.64. The third-order valence-corrected chi connectivity index (χ3v) is 5.48. The molecule has 0 radical (unpaired) electrons. The van der Waals surface area contributed by atoms with Crippen molar-refractivity contribution in [2.75, 3.05) is 33.8 Å². The van der Waals surface area contributed by atoms with Crippen LogP contribution in [-0.4, -0.2) is 64.7 Å². The number of aliphatic hydroxyl groups excluding tert-OH is 1. The molecule has 2 aromatic rings. The van der Waals surface area contributed by atoms with Gasteiger partial charge in [0.15, 0.2) is 0 Å². The van der Waals surface area contributed by atoms with Gasteiger partial charge >= 0.3 is 0 Å². The number of aliphatic hydroxyl groups is 1. The topological polar surface area (TPSA) is 55.4 Å². The second-order valence-electron chi connectivity index (χ2n) is 7.52. The monoisotopic (exact) mass is 330 g/mol. The minimum absolute atomic E-state index is 0.273. The van der Waals surface area contributed by atoms with E-state index in [1.807, 2.05) is 0 Å². The zero-order valence-electron chi connectivity index (χ0n) is 15.3. The van der Waals surface area contributed by atoms with Crippen LogP contribution in [0.5, 0.6) is 0 Å². The third kappa shape index (κ3) is 3.63. The number of aryl methyl sites for hydroxylation is 2. The molecule has 0 aliphatic carbocycles. The lowest BCUT2D eigenvalue weighted by atomic mass is 10.0. The first-order valence-corrected chi connectivity index (χ1v) is 8.92. The molecule has 0 saturated carbocycles. The average Bonchev–Trinajstić information content (AvgIpc) is 2.84. The van der Waals surface area contributed by atoms with E-state index in [4.69, 9.17) is 4.98 Å². The van der Waals surface area contributed by atoms with Crippen molar-refractivity contribution in [2.24, 2.45) is 5.92 Å². The Morgan fingerprint density at radius 2 is 2.04 bits per heavy atom. The maximum atomic E-state index is 9.64. The van der Waals surface area contributed by atoms with Crippen LogP contribution in [0, 0.1) is 19.8 Å². The van der Waals surface area contributed by atoms with Gasteiger partial charge in [-0.05, 0) is 63.9 Å². The zero-order chi connectivity index (χ0) is 17.3. The molecule has 0 spiro atoms. The number of fused-ring (bicyclic) bond motifs is 1. The van der Waals surface area contributed by atoms with Gasteiger partial charge in [-0.15, -0.1) is 0 Å². The largest absolute Gasteiger partial charge is 0.396 e. The molecule has 1 saturated heterocycles. The predicted molar refractivity (Wildman–Crippen MR) is 98.1 cm³/mol. The lowest BCUT2D eigenvalue weighted by molar-refractivity contribution is 0.156. The lowest BCUT2D eigenvalue weighted by Crippen LogP contribution is -2.39. The standard InChI is InChI=1S/C19H30N4O/c1-13-5-8-17-19(14(13)2)21-18(20-17)11-23-9-15(12-24)6-7-16(10-23)22(3)4/h5,8,15-16,24H,6-7,9-12H2,1-4H3,(H,20,21)/t15-,16+/m0/s1. The number of aromatic nitrogens is 2. The fourth-order valence-electron chi connectivity index (χ4n) is 3.70. The van der Waals surface area contributed by atoms with Gasteiger partial charge in [0, 0.05) is 25.7 Å². The number of hydrogen-bond donors (Lipinski definition) is 2. The summed E-state index contributed by atoms with van der Waals surface area (Å²) in [6.07, 6.45) is 2.24. The number of likely N-dealkylation sites (tertiary alicyclic amines) is 1. The number of nitrogens with one attached hydrogen (secondary N) is 1. The fraction of sp³-hybridized carbons (Fsp3) is 0.632. The minimum Gasteiger partial charge on any atom is -0.396 e. The quantitative estimate of drug-likeness (QED) is 0.903. The number of H-pyrrole nitrogens is 1. The van der Waals surface area contributed by atoms with E-state index in [2.05, 4.69) is 54.9 Å². The van der Waals surface area contributed by atoms with Crippen molar-refractivity contribution in [3.8, 4) is 0 Å². The van der Waals surface area contributed by atoms with Gasteiger partial charge in [0.05, 0.1) is 17.6 Å². The molecule has 0 unspecified atom stereocenters. The molecule has 5 heteroatoms. The van der Waals surface area contributed by atoms with E-state index < -0.39 is 0 Å². The van der Waals surface area contributed by atoms with Gasteiger partial charge in [-0.2, -0.15) is 0 Å². The molecule has 0 bridgehead atoms. The molecular formula is C19H30N4O. The van der Waals surface area contributed by atoms with E-state index in [1.54, 1.807) is 0 Å². The molecule has 2 heterocycles. The highest BCUT2D eigenvalue weighted by Crippen LogP contribution is 2.23. The van der Waals surface area contributed by atoms with E-state index in [0.717, 1.165) is 49.3 Å². The zero-order valence-corrected chi connectivity index (χ0v) is 15.3. The summed E-state index contributed by atoms with van der Waals surface area (Å²) in [5.41, 5.74) is 4.74. The second kappa shape index (κ2) is 7.21. The Kier molecular flexibility index (Phi) is 5.23. The highest BCUT2D eigenvalue weighted by molar-refractivity contribution is 5.79. The van der Waals surface area contributed by atoms with Crippen molar-refractivity contribution in [3.05, 3.63) is 29.1 Å². The van der Waals surface area contributed by atoms with Crippen molar-refractivity contribution >= 4 is 11.0 Å². The fourth-order valence-corrected chi connectivity index (χ4v) is 3.70. The van der Waals surface area contributed by atoms with Crippen LogP contribution < -0.4 is 0 Å². The molecule has 1 aliphatic rings. The molecule has 2 N–H and O–H groups in total. The Morgan fingerprint density at radius 3 is 2.75 bits per heavy atom. The van der Waals surface area contributed by atoms with Gasteiger partial charge in [0.2, 0.25) is 0 Å². The first-order valence-electron chi connectivity index (χ1n) is 8.92. The Morgan fingerprint density at radius 1 is 1.25 bits per heavy atom. The van der Waals surface area contributed by atoms with Gasteiger partial charge in [-0.3, -0.25) is 4.90 Å². The Hall–Kier alpha value is -1.43. The van der Waals surface area contributed by atoms with Crippen LogP contribution in [0.25, 0.3) is 11.0 Å². The number of aromatic amines is 1. The van der Waals surface area contributed by atoms with Crippen molar-refractivity contribution in [1.82, 2.24) is 19.8 Å². The summed E-state index contributed by atoms with van der Waals surface area (Å²) in [4.78, 5) is 13.1. The third-order valence-electron chi connectivity index (χ3n) is 5.48. The maximum absolute atomic E-state index is 9.64. The van der Waals surface area contributed by atoms with Gasteiger partial charge < -0.3 is 15.0 Å². The van der Waals surface area contributed by atoms with Gasteiger partial charge in [0.1, 0.15) is 5.82 Å². The SMILES string of the molecule is Cc1ccc2[nH]c(CN3C[C@@H](CO)CC[C@@H](N(C)C)C3)nc2c1C. The summed E-state index contributed by atoms with van der Waals surface area (Å²) in [7, 11) is 4.30. The van der Waals surface area contributed by atoms with Gasteiger partial charge in [-0.25, -0.2) is 4.98 Å². The van der Waals surface area contributed by atoms with Crippen molar-refractivity contribution in [3.63, 3.8) is 0 Å². The van der Waals surface area contributed by atoms with Crippen LogP contribution in [-0.2, 0) is 6.54 Å². The first kappa shape index (κ1) is 17.4. The Balaban J connectivity index is 1.81. The van der Waals surface area contributed by atoms with Crippen LogP contribution >= 0.6 is 0 Å². The first-order chi connectivity index (χ1) is 11.5. The van der Waals surface area contributed by atoms with E-state index in [-0.39, 0.29) is 6.61 Å². The van der Waals surface area contributed by atoms with Crippen LogP contribution in [0.3, 0.4) is 0 Å². The minimum atomic E-state index is 0.273. The molecule has 2 atom stereocenters. The Labute approximate surface area is 144 Å². The number of nitrogens with zero attached hydrogens (tertiary/aromatic N) is 3. The van der Waals surface area contributed by atoms with E-state index in [0.29, 0.717) is 12.0 Å². The number of benzene rings is 1. The molecule has 0 amide bonds. The summed E-state index contributed by atoms with van der Waals surface area (Å²) < 4.78 is 0. The smallest absolute Gasteiger partial charge is 0.121 e. The predicted octanol–water partition coefficient (Wildman–Crippen LogP) is 2.31. The maximum Gasteiger partial charge on any atom is 0.121 e. The highest BCUT2D eigenvalue weighted by atomic mass is 16.3. The van der Waals surface area contributed by atoms with Crippen LogP contribution in [0.1, 0.15) is 29.8 Å². The van der Waals surface area contributed by atoms with Gasteiger partial charge in [0.25, 0.3) is 0 Å². The molecule has 1 aromatic heterocycles. The number of hydrogen-bond acceptors (Lipinski definition) is 4. The van der Waals surface area contributed by atoms with Crippen LogP contribution in [0.15, 0.2) is 12.1 Å². The van der Waals surface area contributed by atoms with E-state index >= 15 is 0 Å². The number of likely N-dealkylation sites (N-methyl/N-ethyl adjacent to an activating group) is 1. The molecular weight excluding hydrogens is 300 g/mol. The van der Waals surface area contributed by atoms with Gasteiger partial charge in [-0.1, -0.05) is 6.07 Å². The average molecular weight is 330 g/mol. The lowest BCUT2D eigenvalue weighted by Gasteiger charge is -2.28.